The largest absolute Gasteiger partial charge is 0.374 e. The van der Waals surface area contributed by atoms with Gasteiger partial charge in [0.1, 0.15) is 0 Å². The Hall–Kier alpha value is -0.0800. The van der Waals surface area contributed by atoms with Gasteiger partial charge in [-0.25, -0.2) is 0 Å². The van der Waals surface area contributed by atoms with Crippen molar-refractivity contribution in [3.63, 3.8) is 0 Å². The third-order valence-corrected chi connectivity index (χ3v) is 3.29. The van der Waals surface area contributed by atoms with E-state index < -0.39 is 0 Å². The molecule has 0 saturated carbocycles. The Morgan fingerprint density at radius 1 is 1.20 bits per heavy atom. The first-order chi connectivity index (χ1) is 7.00. The van der Waals surface area contributed by atoms with Gasteiger partial charge in [-0.15, -0.1) is 0 Å². The fourth-order valence-electron chi connectivity index (χ4n) is 2.03. The van der Waals surface area contributed by atoms with Crippen molar-refractivity contribution in [3.05, 3.63) is 0 Å². The lowest BCUT2D eigenvalue weighted by Crippen LogP contribution is -2.49. The maximum absolute atomic E-state index is 5.90. The summed E-state index contributed by atoms with van der Waals surface area (Å²) in [6, 6.07) is 0.463. The Balaban J connectivity index is 4.32. The predicted molar refractivity (Wildman–Crippen MR) is 67.2 cm³/mol. The SMILES string of the molecule is CCOC(C)(CC)C(CCC(C)C)NC. The molecule has 0 spiro atoms. The minimum absolute atomic E-state index is 0.0155. The van der Waals surface area contributed by atoms with Gasteiger partial charge in [0, 0.05) is 12.6 Å². The number of hydrogen-bond acceptors (Lipinski definition) is 2. The van der Waals surface area contributed by atoms with E-state index in [1.807, 2.05) is 7.05 Å². The van der Waals surface area contributed by atoms with Crippen LogP contribution in [0.25, 0.3) is 0 Å². The summed E-state index contributed by atoms with van der Waals surface area (Å²) in [5.41, 5.74) is -0.0155. The van der Waals surface area contributed by atoms with Crippen molar-refractivity contribution in [3.8, 4) is 0 Å². The van der Waals surface area contributed by atoms with Crippen LogP contribution in [-0.2, 0) is 4.74 Å². The topological polar surface area (TPSA) is 21.3 Å². The molecule has 0 aliphatic carbocycles. The molecule has 2 unspecified atom stereocenters. The van der Waals surface area contributed by atoms with Crippen molar-refractivity contribution in [1.29, 1.82) is 0 Å². The molecular weight excluding hydrogens is 186 g/mol. The normalized spacial score (nSPS) is 17.8. The summed E-state index contributed by atoms with van der Waals surface area (Å²) < 4.78 is 5.90. The van der Waals surface area contributed by atoms with Crippen LogP contribution >= 0.6 is 0 Å². The van der Waals surface area contributed by atoms with Crippen LogP contribution in [0.5, 0.6) is 0 Å². The van der Waals surface area contributed by atoms with E-state index in [2.05, 4.69) is 39.9 Å². The Morgan fingerprint density at radius 2 is 1.80 bits per heavy atom. The quantitative estimate of drug-likeness (QED) is 0.671. The lowest BCUT2D eigenvalue weighted by atomic mass is 9.88. The molecule has 0 aromatic carbocycles. The van der Waals surface area contributed by atoms with Crippen molar-refractivity contribution in [2.45, 2.75) is 65.5 Å². The van der Waals surface area contributed by atoms with Crippen LogP contribution in [0.4, 0.5) is 0 Å². The number of likely N-dealkylation sites (N-methyl/N-ethyl adjacent to an activating group) is 1. The molecule has 0 saturated heterocycles. The lowest BCUT2D eigenvalue weighted by Gasteiger charge is -2.37. The molecular formula is C13H29NO. The molecule has 0 aliphatic rings. The summed E-state index contributed by atoms with van der Waals surface area (Å²) in [6.07, 6.45) is 3.51. The fourth-order valence-corrected chi connectivity index (χ4v) is 2.03. The molecule has 1 N–H and O–H groups in total. The molecule has 0 aromatic heterocycles. The van der Waals surface area contributed by atoms with E-state index in [4.69, 9.17) is 4.74 Å². The van der Waals surface area contributed by atoms with Gasteiger partial charge in [0.2, 0.25) is 0 Å². The molecule has 15 heavy (non-hydrogen) atoms. The average molecular weight is 215 g/mol. The van der Waals surface area contributed by atoms with Gasteiger partial charge in [-0.1, -0.05) is 20.8 Å². The predicted octanol–water partition coefficient (Wildman–Crippen LogP) is 3.22. The summed E-state index contributed by atoms with van der Waals surface area (Å²) in [7, 11) is 2.04. The number of hydrogen-bond donors (Lipinski definition) is 1. The van der Waals surface area contributed by atoms with E-state index in [0.717, 1.165) is 18.9 Å². The summed E-state index contributed by atoms with van der Waals surface area (Å²) >= 11 is 0. The molecule has 2 atom stereocenters. The molecule has 2 heteroatoms. The van der Waals surface area contributed by atoms with Crippen molar-refractivity contribution < 1.29 is 4.74 Å². The molecule has 0 aliphatic heterocycles. The van der Waals surface area contributed by atoms with Crippen molar-refractivity contribution in [2.24, 2.45) is 5.92 Å². The van der Waals surface area contributed by atoms with E-state index in [1.54, 1.807) is 0 Å². The second-order valence-corrected chi connectivity index (χ2v) is 4.91. The highest BCUT2D eigenvalue weighted by Gasteiger charge is 2.31. The van der Waals surface area contributed by atoms with Crippen molar-refractivity contribution in [1.82, 2.24) is 5.32 Å². The standard InChI is InChI=1S/C13H29NO/c1-7-13(5,15-8-2)12(14-6)10-9-11(3)4/h11-12,14H,7-10H2,1-6H3. The van der Waals surface area contributed by atoms with Crippen LogP contribution in [0.3, 0.4) is 0 Å². The Labute approximate surface area is 95.8 Å². The molecule has 2 nitrogen and oxygen atoms in total. The highest BCUT2D eigenvalue weighted by Crippen LogP contribution is 2.24. The Kier molecular flexibility index (Phi) is 7.20. The van der Waals surface area contributed by atoms with Crippen molar-refractivity contribution in [2.75, 3.05) is 13.7 Å². The highest BCUT2D eigenvalue weighted by molar-refractivity contribution is 4.87. The van der Waals surface area contributed by atoms with Gasteiger partial charge in [0.25, 0.3) is 0 Å². The third kappa shape index (κ3) is 4.98. The van der Waals surface area contributed by atoms with E-state index in [0.29, 0.717) is 6.04 Å². The maximum atomic E-state index is 5.90. The summed E-state index contributed by atoms with van der Waals surface area (Å²) in [4.78, 5) is 0. The first-order valence-electron chi connectivity index (χ1n) is 6.31. The Morgan fingerprint density at radius 3 is 2.13 bits per heavy atom. The minimum Gasteiger partial charge on any atom is -0.374 e. The third-order valence-electron chi connectivity index (χ3n) is 3.29. The van der Waals surface area contributed by atoms with E-state index in [1.165, 1.54) is 12.8 Å². The van der Waals surface area contributed by atoms with Gasteiger partial charge in [-0.2, -0.15) is 0 Å². The van der Waals surface area contributed by atoms with Crippen LogP contribution in [0.1, 0.15) is 53.9 Å². The van der Waals surface area contributed by atoms with Gasteiger partial charge in [-0.3, -0.25) is 0 Å². The summed E-state index contributed by atoms with van der Waals surface area (Å²) in [5.74, 6) is 0.767. The lowest BCUT2D eigenvalue weighted by molar-refractivity contribution is -0.0562. The molecule has 0 bridgehead atoms. The zero-order chi connectivity index (χ0) is 11.9. The van der Waals surface area contributed by atoms with Gasteiger partial charge < -0.3 is 10.1 Å². The van der Waals surface area contributed by atoms with E-state index in [-0.39, 0.29) is 5.60 Å². The smallest absolute Gasteiger partial charge is 0.0803 e. The highest BCUT2D eigenvalue weighted by atomic mass is 16.5. The fraction of sp³-hybridized carbons (Fsp3) is 1.00. The molecule has 0 amide bonds. The molecule has 0 heterocycles. The zero-order valence-electron chi connectivity index (χ0n) is 11.4. The number of ether oxygens (including phenoxy) is 1. The number of rotatable bonds is 8. The summed E-state index contributed by atoms with van der Waals surface area (Å²) in [5, 5.41) is 3.41. The van der Waals surface area contributed by atoms with Gasteiger partial charge in [0.05, 0.1) is 5.60 Å². The van der Waals surface area contributed by atoms with E-state index >= 15 is 0 Å². The maximum Gasteiger partial charge on any atom is 0.0803 e. The summed E-state index contributed by atoms with van der Waals surface area (Å²) in [6.45, 7) is 11.8. The molecule has 0 fully saturated rings. The second-order valence-electron chi connectivity index (χ2n) is 4.91. The molecule has 0 radical (unpaired) electrons. The monoisotopic (exact) mass is 215 g/mol. The van der Waals surface area contributed by atoms with Gasteiger partial charge in [0.15, 0.2) is 0 Å². The molecule has 0 aromatic rings. The van der Waals surface area contributed by atoms with Crippen molar-refractivity contribution >= 4 is 0 Å². The first-order valence-corrected chi connectivity index (χ1v) is 6.31. The van der Waals surface area contributed by atoms with Crippen LogP contribution < -0.4 is 5.32 Å². The minimum atomic E-state index is -0.0155. The number of nitrogens with one attached hydrogen (secondary N) is 1. The molecule has 92 valence electrons. The Bertz CT molecular complexity index is 159. The second kappa shape index (κ2) is 7.24. The van der Waals surface area contributed by atoms with Gasteiger partial charge >= 0.3 is 0 Å². The van der Waals surface area contributed by atoms with Crippen LogP contribution in [-0.4, -0.2) is 25.3 Å². The molecule has 0 rings (SSSR count). The van der Waals surface area contributed by atoms with Crippen LogP contribution in [0.15, 0.2) is 0 Å². The first kappa shape index (κ1) is 14.9. The van der Waals surface area contributed by atoms with Crippen LogP contribution in [0.2, 0.25) is 0 Å². The zero-order valence-corrected chi connectivity index (χ0v) is 11.4. The van der Waals surface area contributed by atoms with E-state index in [9.17, 15) is 0 Å². The average Bonchev–Trinajstić information content (AvgIpc) is 2.18. The van der Waals surface area contributed by atoms with Gasteiger partial charge in [-0.05, 0) is 46.1 Å². The van der Waals surface area contributed by atoms with Crippen LogP contribution in [0, 0.1) is 5.92 Å².